The molecular weight excluding hydrogens is 264 g/mol. The number of carbonyl (C=O) groups is 1. The second-order valence-corrected chi connectivity index (χ2v) is 6.25. The molecular formula is C17H24N2O2. The number of carbonyl (C=O) groups excluding carboxylic acids is 1. The summed E-state index contributed by atoms with van der Waals surface area (Å²) in [5.74, 6) is 1.17. The minimum absolute atomic E-state index is 0.0312. The maximum absolute atomic E-state index is 12.2. The van der Waals surface area contributed by atoms with Gasteiger partial charge in [0.05, 0.1) is 13.0 Å². The molecule has 0 radical (unpaired) electrons. The van der Waals surface area contributed by atoms with Gasteiger partial charge in [0.25, 0.3) is 0 Å². The van der Waals surface area contributed by atoms with E-state index in [1.54, 1.807) is 0 Å². The fourth-order valence-electron chi connectivity index (χ4n) is 2.94. The average molecular weight is 288 g/mol. The van der Waals surface area contributed by atoms with E-state index in [9.17, 15) is 4.79 Å². The summed E-state index contributed by atoms with van der Waals surface area (Å²) in [6, 6.07) is 10.3. The van der Waals surface area contributed by atoms with Gasteiger partial charge in [-0.05, 0) is 24.3 Å². The number of rotatable bonds is 6. The van der Waals surface area contributed by atoms with E-state index in [1.807, 2.05) is 23.1 Å². The van der Waals surface area contributed by atoms with Gasteiger partial charge in [-0.3, -0.25) is 4.79 Å². The zero-order valence-corrected chi connectivity index (χ0v) is 12.4. The maximum atomic E-state index is 12.2. The summed E-state index contributed by atoms with van der Waals surface area (Å²) >= 11 is 0. The van der Waals surface area contributed by atoms with E-state index in [-0.39, 0.29) is 17.9 Å². The predicted molar refractivity (Wildman–Crippen MR) is 81.9 cm³/mol. The molecule has 2 aliphatic rings. The molecule has 1 aliphatic heterocycles. The fraction of sp³-hybridized carbons (Fsp3) is 0.588. The average Bonchev–Trinajstić information content (AvgIpc) is 3.25. The Morgan fingerprint density at radius 3 is 2.71 bits per heavy atom. The Balaban J connectivity index is 1.46. The molecule has 0 aromatic heterocycles. The van der Waals surface area contributed by atoms with Crippen LogP contribution in [0.5, 0.6) is 0 Å². The first-order valence-corrected chi connectivity index (χ1v) is 7.90. The number of ether oxygens (including phenoxy) is 1. The molecule has 1 aliphatic carbocycles. The van der Waals surface area contributed by atoms with Crippen LogP contribution in [0.1, 0.15) is 30.7 Å². The molecule has 1 saturated heterocycles. The van der Waals surface area contributed by atoms with Crippen LogP contribution in [0, 0.1) is 5.92 Å². The molecule has 2 atom stereocenters. The Kier molecular flexibility index (Phi) is 4.56. The van der Waals surface area contributed by atoms with Gasteiger partial charge in [-0.25, -0.2) is 0 Å². The lowest BCUT2D eigenvalue weighted by Gasteiger charge is -2.16. The SMILES string of the molecule is N[C@@H]1CN(C(=O)CCOCC2CC2)C[C@H]1c1ccccc1. The summed E-state index contributed by atoms with van der Waals surface area (Å²) in [7, 11) is 0. The normalized spacial score (nSPS) is 25.3. The van der Waals surface area contributed by atoms with Crippen LogP contribution in [-0.2, 0) is 9.53 Å². The monoisotopic (exact) mass is 288 g/mol. The third kappa shape index (κ3) is 3.83. The lowest BCUT2D eigenvalue weighted by molar-refractivity contribution is -0.131. The van der Waals surface area contributed by atoms with Gasteiger partial charge in [-0.1, -0.05) is 30.3 Å². The molecule has 21 heavy (non-hydrogen) atoms. The summed E-state index contributed by atoms with van der Waals surface area (Å²) in [6.45, 7) is 2.74. The van der Waals surface area contributed by atoms with Crippen molar-refractivity contribution in [2.45, 2.75) is 31.2 Å². The van der Waals surface area contributed by atoms with Gasteiger partial charge < -0.3 is 15.4 Å². The summed E-state index contributed by atoms with van der Waals surface area (Å²) in [4.78, 5) is 14.1. The Morgan fingerprint density at radius 1 is 1.24 bits per heavy atom. The molecule has 2 N–H and O–H groups in total. The molecule has 114 valence electrons. The van der Waals surface area contributed by atoms with Crippen molar-refractivity contribution in [2.75, 3.05) is 26.3 Å². The van der Waals surface area contributed by atoms with Gasteiger partial charge in [0.1, 0.15) is 0 Å². The molecule has 1 aromatic rings. The number of likely N-dealkylation sites (tertiary alicyclic amines) is 1. The summed E-state index contributed by atoms with van der Waals surface area (Å²) < 4.78 is 5.55. The van der Waals surface area contributed by atoms with Crippen LogP contribution >= 0.6 is 0 Å². The van der Waals surface area contributed by atoms with Crippen molar-refractivity contribution in [3.05, 3.63) is 35.9 Å². The Morgan fingerprint density at radius 2 is 2.00 bits per heavy atom. The molecule has 4 heteroatoms. The molecule has 4 nitrogen and oxygen atoms in total. The van der Waals surface area contributed by atoms with Gasteiger partial charge in [0.2, 0.25) is 5.91 Å². The topological polar surface area (TPSA) is 55.6 Å². The molecule has 0 bridgehead atoms. The Labute approximate surface area is 126 Å². The summed E-state index contributed by atoms with van der Waals surface area (Å²) in [6.07, 6.45) is 3.04. The molecule has 1 saturated carbocycles. The van der Waals surface area contributed by atoms with E-state index in [2.05, 4.69) is 12.1 Å². The molecule has 1 heterocycles. The fourth-order valence-corrected chi connectivity index (χ4v) is 2.94. The van der Waals surface area contributed by atoms with Gasteiger partial charge in [-0.15, -0.1) is 0 Å². The van der Waals surface area contributed by atoms with Gasteiger partial charge in [-0.2, -0.15) is 0 Å². The van der Waals surface area contributed by atoms with Gasteiger partial charge in [0.15, 0.2) is 0 Å². The van der Waals surface area contributed by atoms with Gasteiger partial charge in [0, 0.05) is 31.7 Å². The molecule has 3 rings (SSSR count). The molecule has 1 amide bonds. The predicted octanol–water partition coefficient (Wildman–Crippen LogP) is 1.76. The highest BCUT2D eigenvalue weighted by molar-refractivity contribution is 5.76. The zero-order chi connectivity index (χ0) is 14.7. The number of amides is 1. The third-order valence-corrected chi connectivity index (χ3v) is 4.46. The van der Waals surface area contributed by atoms with E-state index < -0.39 is 0 Å². The second kappa shape index (κ2) is 6.58. The van der Waals surface area contributed by atoms with E-state index in [1.165, 1.54) is 18.4 Å². The van der Waals surface area contributed by atoms with Crippen molar-refractivity contribution < 1.29 is 9.53 Å². The molecule has 2 fully saturated rings. The van der Waals surface area contributed by atoms with Crippen LogP contribution in [0.25, 0.3) is 0 Å². The minimum atomic E-state index is 0.0312. The number of benzene rings is 1. The Bertz CT molecular complexity index is 473. The van der Waals surface area contributed by atoms with Crippen LogP contribution in [0.15, 0.2) is 30.3 Å². The van der Waals surface area contributed by atoms with E-state index in [0.29, 0.717) is 19.6 Å². The van der Waals surface area contributed by atoms with E-state index >= 15 is 0 Å². The van der Waals surface area contributed by atoms with E-state index in [4.69, 9.17) is 10.5 Å². The number of nitrogens with zero attached hydrogens (tertiary/aromatic N) is 1. The van der Waals surface area contributed by atoms with Crippen molar-refractivity contribution in [3.63, 3.8) is 0 Å². The number of hydrogen-bond acceptors (Lipinski definition) is 3. The van der Waals surface area contributed by atoms with Crippen LogP contribution in [0.3, 0.4) is 0 Å². The molecule has 1 aromatic carbocycles. The van der Waals surface area contributed by atoms with Crippen molar-refractivity contribution in [1.82, 2.24) is 4.90 Å². The van der Waals surface area contributed by atoms with Gasteiger partial charge >= 0.3 is 0 Å². The van der Waals surface area contributed by atoms with Crippen LogP contribution < -0.4 is 5.73 Å². The maximum Gasteiger partial charge on any atom is 0.224 e. The van der Waals surface area contributed by atoms with Crippen molar-refractivity contribution in [3.8, 4) is 0 Å². The highest BCUT2D eigenvalue weighted by Gasteiger charge is 2.33. The highest BCUT2D eigenvalue weighted by atomic mass is 16.5. The first-order chi connectivity index (χ1) is 10.2. The standard InChI is InChI=1S/C17H24N2O2/c18-16-11-19(10-15(16)14-4-2-1-3-5-14)17(20)8-9-21-12-13-6-7-13/h1-5,13,15-16H,6-12,18H2/t15-,16+/m0/s1. The van der Waals surface area contributed by atoms with E-state index in [0.717, 1.165) is 19.1 Å². The first-order valence-electron chi connectivity index (χ1n) is 7.90. The minimum Gasteiger partial charge on any atom is -0.381 e. The largest absolute Gasteiger partial charge is 0.381 e. The van der Waals surface area contributed by atoms with Crippen molar-refractivity contribution >= 4 is 5.91 Å². The van der Waals surface area contributed by atoms with Crippen LogP contribution in [0.2, 0.25) is 0 Å². The zero-order valence-electron chi connectivity index (χ0n) is 12.4. The lowest BCUT2D eigenvalue weighted by atomic mass is 9.95. The van der Waals surface area contributed by atoms with Crippen molar-refractivity contribution in [2.24, 2.45) is 11.7 Å². The smallest absolute Gasteiger partial charge is 0.224 e. The quantitative estimate of drug-likeness (QED) is 0.812. The van der Waals surface area contributed by atoms with Crippen LogP contribution in [0.4, 0.5) is 0 Å². The highest BCUT2D eigenvalue weighted by Crippen LogP contribution is 2.29. The van der Waals surface area contributed by atoms with Crippen molar-refractivity contribution in [1.29, 1.82) is 0 Å². The first kappa shape index (κ1) is 14.5. The summed E-state index contributed by atoms with van der Waals surface area (Å²) in [5, 5.41) is 0. The Hall–Kier alpha value is -1.39. The second-order valence-electron chi connectivity index (χ2n) is 6.25. The number of hydrogen-bond donors (Lipinski definition) is 1. The molecule has 0 spiro atoms. The molecule has 0 unspecified atom stereocenters. The summed E-state index contributed by atoms with van der Waals surface area (Å²) in [5.41, 5.74) is 7.44. The lowest BCUT2D eigenvalue weighted by Crippen LogP contribution is -2.32. The van der Waals surface area contributed by atoms with Crippen LogP contribution in [-0.4, -0.2) is 43.2 Å². The number of nitrogens with two attached hydrogens (primary N) is 1. The third-order valence-electron chi connectivity index (χ3n) is 4.46.